The van der Waals surface area contributed by atoms with E-state index < -0.39 is 5.56 Å². The second kappa shape index (κ2) is 7.27. The molecule has 3 nitrogen and oxygen atoms in total. The third-order valence-electron chi connectivity index (χ3n) is 3.08. The molecule has 1 aromatic heterocycles. The number of hydrogen-bond acceptors (Lipinski definition) is 3. The summed E-state index contributed by atoms with van der Waals surface area (Å²) in [5, 5.41) is 4.80. The summed E-state index contributed by atoms with van der Waals surface area (Å²) in [5.74, 6) is -0.319. The van der Waals surface area contributed by atoms with E-state index in [1.54, 1.807) is 30.3 Å². The van der Waals surface area contributed by atoms with Crippen molar-refractivity contribution in [2.75, 3.05) is 0 Å². The van der Waals surface area contributed by atoms with Crippen LogP contribution in [-0.2, 0) is 0 Å². The Balaban J connectivity index is 2.04. The fraction of sp³-hybridized carbons (Fsp3) is 0. The van der Waals surface area contributed by atoms with Gasteiger partial charge in [0.05, 0.1) is 21.1 Å². The molecule has 0 fully saturated rings. The van der Waals surface area contributed by atoms with Gasteiger partial charge in [-0.25, -0.2) is 4.39 Å². The molecule has 3 aromatic rings. The molecule has 0 aliphatic heterocycles. The van der Waals surface area contributed by atoms with Gasteiger partial charge in [0.2, 0.25) is 0 Å². The zero-order chi connectivity index (χ0) is 17.3. The van der Waals surface area contributed by atoms with Gasteiger partial charge in [0, 0.05) is 4.90 Å². The van der Waals surface area contributed by atoms with Crippen LogP contribution in [0.1, 0.15) is 0 Å². The summed E-state index contributed by atoms with van der Waals surface area (Å²) in [6.45, 7) is 0. The molecule has 0 N–H and O–H groups in total. The van der Waals surface area contributed by atoms with Gasteiger partial charge in [-0.1, -0.05) is 41.0 Å². The maximum absolute atomic E-state index is 13.0. The lowest BCUT2D eigenvalue weighted by atomic mass is 10.3. The molecule has 1 heterocycles. The number of benzene rings is 2. The molecule has 0 atom stereocenters. The number of nitrogens with zero attached hydrogens (tertiary/aromatic N) is 2. The van der Waals surface area contributed by atoms with Crippen molar-refractivity contribution in [3.63, 3.8) is 0 Å². The largest absolute Gasteiger partial charge is 0.287 e. The van der Waals surface area contributed by atoms with Crippen LogP contribution in [0.25, 0.3) is 5.69 Å². The summed E-state index contributed by atoms with van der Waals surface area (Å²) in [6.07, 6.45) is 1.53. The number of halogens is 4. The van der Waals surface area contributed by atoms with Gasteiger partial charge in [0.15, 0.2) is 0 Å². The predicted molar refractivity (Wildman–Crippen MR) is 98.1 cm³/mol. The van der Waals surface area contributed by atoms with E-state index in [0.29, 0.717) is 25.1 Å². The van der Waals surface area contributed by atoms with Crippen molar-refractivity contribution < 1.29 is 4.39 Å². The lowest BCUT2D eigenvalue weighted by Gasteiger charge is -2.11. The second-order valence-electron chi connectivity index (χ2n) is 4.67. The van der Waals surface area contributed by atoms with E-state index in [0.717, 1.165) is 9.58 Å². The molecular weight excluding hydrogens is 438 g/mol. The molecule has 3 rings (SSSR count). The molecule has 0 aliphatic carbocycles. The molecule has 8 heteroatoms. The minimum absolute atomic E-state index is 0.319. The first-order valence-electron chi connectivity index (χ1n) is 6.63. The molecule has 0 saturated carbocycles. The summed E-state index contributed by atoms with van der Waals surface area (Å²) in [7, 11) is 0. The van der Waals surface area contributed by atoms with Crippen LogP contribution in [-0.4, -0.2) is 9.78 Å². The van der Waals surface area contributed by atoms with Crippen molar-refractivity contribution in [2.24, 2.45) is 0 Å². The Morgan fingerprint density at radius 3 is 2.33 bits per heavy atom. The van der Waals surface area contributed by atoms with Gasteiger partial charge in [-0.3, -0.25) is 4.79 Å². The summed E-state index contributed by atoms with van der Waals surface area (Å²) in [6, 6.07) is 10.9. The Hall–Kier alpha value is -1.34. The average Bonchev–Trinajstić information content (AvgIpc) is 2.55. The van der Waals surface area contributed by atoms with E-state index in [4.69, 9.17) is 23.2 Å². The number of para-hydroxylation sites is 1. The number of aromatic nitrogens is 2. The van der Waals surface area contributed by atoms with Gasteiger partial charge < -0.3 is 0 Å². The van der Waals surface area contributed by atoms with E-state index in [1.165, 1.54) is 30.1 Å². The zero-order valence-electron chi connectivity index (χ0n) is 11.8. The van der Waals surface area contributed by atoms with E-state index in [9.17, 15) is 9.18 Å². The second-order valence-corrected chi connectivity index (χ2v) is 7.39. The summed E-state index contributed by atoms with van der Waals surface area (Å²) in [5.41, 5.74) is -0.0676. The van der Waals surface area contributed by atoms with Crippen molar-refractivity contribution in [3.05, 3.63) is 79.4 Å². The van der Waals surface area contributed by atoms with Gasteiger partial charge in [-0.2, -0.15) is 9.78 Å². The highest BCUT2D eigenvalue weighted by atomic mass is 79.9. The molecule has 0 saturated heterocycles. The highest BCUT2D eigenvalue weighted by Gasteiger charge is 2.15. The van der Waals surface area contributed by atoms with Gasteiger partial charge in [0.25, 0.3) is 5.56 Å². The Bertz CT molecular complexity index is 943. The van der Waals surface area contributed by atoms with E-state index in [2.05, 4.69) is 21.0 Å². The van der Waals surface area contributed by atoms with E-state index in [-0.39, 0.29) is 5.82 Å². The first kappa shape index (κ1) is 17.5. The molecule has 24 heavy (non-hydrogen) atoms. The highest BCUT2D eigenvalue weighted by Crippen LogP contribution is 2.32. The SMILES string of the molecule is O=c1c(Br)c(Sc2ccc(F)cc2)cnn1-c1c(Cl)cccc1Cl. The van der Waals surface area contributed by atoms with Crippen LogP contribution in [0.3, 0.4) is 0 Å². The monoisotopic (exact) mass is 444 g/mol. The first-order chi connectivity index (χ1) is 11.5. The Kier molecular flexibility index (Phi) is 5.30. The minimum atomic E-state index is -0.392. The highest BCUT2D eigenvalue weighted by molar-refractivity contribution is 9.10. The lowest BCUT2D eigenvalue weighted by Crippen LogP contribution is -2.22. The summed E-state index contributed by atoms with van der Waals surface area (Å²) in [4.78, 5) is 14.0. The van der Waals surface area contributed by atoms with E-state index in [1.807, 2.05) is 0 Å². The molecule has 0 spiro atoms. The first-order valence-corrected chi connectivity index (χ1v) is 8.99. The normalized spacial score (nSPS) is 10.8. The average molecular weight is 446 g/mol. The van der Waals surface area contributed by atoms with Crippen LogP contribution in [0.4, 0.5) is 4.39 Å². The Morgan fingerprint density at radius 1 is 1.08 bits per heavy atom. The van der Waals surface area contributed by atoms with Crippen LogP contribution in [0.5, 0.6) is 0 Å². The predicted octanol–water partition coefficient (Wildman–Crippen LogP) is 5.59. The van der Waals surface area contributed by atoms with Crippen molar-refractivity contribution in [1.82, 2.24) is 9.78 Å². The fourth-order valence-electron chi connectivity index (χ4n) is 1.97. The molecule has 0 radical (unpaired) electrons. The maximum Gasteiger partial charge on any atom is 0.287 e. The topological polar surface area (TPSA) is 34.9 Å². The fourth-order valence-corrected chi connectivity index (χ4v) is 3.84. The van der Waals surface area contributed by atoms with Crippen LogP contribution in [0.15, 0.2) is 67.7 Å². The Labute approximate surface area is 159 Å². The lowest BCUT2D eigenvalue weighted by molar-refractivity contribution is 0.626. The zero-order valence-corrected chi connectivity index (χ0v) is 15.8. The van der Waals surface area contributed by atoms with Gasteiger partial charge in [-0.15, -0.1) is 0 Å². The minimum Gasteiger partial charge on any atom is -0.266 e. The molecular formula is C16H8BrCl2FN2OS. The number of rotatable bonds is 3. The van der Waals surface area contributed by atoms with Crippen molar-refractivity contribution in [3.8, 4) is 5.69 Å². The molecule has 0 bridgehead atoms. The molecule has 0 unspecified atom stereocenters. The third-order valence-corrected chi connectivity index (χ3v) is 5.75. The summed E-state index contributed by atoms with van der Waals surface area (Å²) < 4.78 is 14.4. The van der Waals surface area contributed by atoms with Crippen molar-refractivity contribution in [1.29, 1.82) is 0 Å². The van der Waals surface area contributed by atoms with Gasteiger partial charge in [-0.05, 0) is 52.3 Å². The van der Waals surface area contributed by atoms with Crippen LogP contribution in [0.2, 0.25) is 10.0 Å². The van der Waals surface area contributed by atoms with Crippen molar-refractivity contribution >= 4 is 50.9 Å². The molecule has 122 valence electrons. The third kappa shape index (κ3) is 3.52. The molecule has 0 amide bonds. The standard InChI is InChI=1S/C16H8BrCl2FN2OS/c17-14-13(24-10-6-4-9(20)5-7-10)8-21-22(16(14)23)15-11(18)2-1-3-12(15)19/h1-8H. The van der Waals surface area contributed by atoms with Crippen LogP contribution < -0.4 is 5.56 Å². The maximum atomic E-state index is 13.0. The van der Waals surface area contributed by atoms with Crippen LogP contribution in [0, 0.1) is 5.82 Å². The molecule has 0 aliphatic rings. The molecule has 2 aromatic carbocycles. The quantitative estimate of drug-likeness (QED) is 0.526. The van der Waals surface area contributed by atoms with Crippen LogP contribution >= 0.6 is 50.9 Å². The van der Waals surface area contributed by atoms with E-state index >= 15 is 0 Å². The van der Waals surface area contributed by atoms with Crippen molar-refractivity contribution in [2.45, 2.75) is 9.79 Å². The summed E-state index contributed by atoms with van der Waals surface area (Å²) >= 11 is 16.9. The number of hydrogen-bond donors (Lipinski definition) is 0. The van der Waals surface area contributed by atoms with Gasteiger partial charge in [0.1, 0.15) is 16.0 Å². The van der Waals surface area contributed by atoms with Gasteiger partial charge >= 0.3 is 0 Å². The Morgan fingerprint density at radius 2 is 1.71 bits per heavy atom. The smallest absolute Gasteiger partial charge is 0.266 e.